The Kier molecular flexibility index (Phi) is 5.94. The number of aliphatic imine (C=N–C) groups is 1. The van der Waals surface area contributed by atoms with Gasteiger partial charge in [-0.3, -0.25) is 4.79 Å². The summed E-state index contributed by atoms with van der Waals surface area (Å²) in [6.07, 6.45) is 1.53. The zero-order valence-electron chi connectivity index (χ0n) is 15.4. The first kappa shape index (κ1) is 18.0. The minimum Gasteiger partial charge on any atom is -0.459 e. The van der Waals surface area contributed by atoms with Crippen LogP contribution in [-0.4, -0.2) is 54.4 Å². The summed E-state index contributed by atoms with van der Waals surface area (Å²) in [5, 5.41) is 3.36. The molecule has 1 fully saturated rings. The summed E-state index contributed by atoms with van der Waals surface area (Å²) in [7, 11) is 0. The normalized spacial score (nSPS) is 15.2. The van der Waals surface area contributed by atoms with E-state index in [1.807, 2.05) is 4.90 Å². The number of aryl methyl sites for hydroxylation is 1. The number of hydrogen-bond donors (Lipinski definition) is 1. The van der Waals surface area contributed by atoms with Crippen molar-refractivity contribution in [2.75, 3.05) is 32.7 Å². The Labute approximate surface area is 154 Å². The molecule has 0 spiro atoms. The summed E-state index contributed by atoms with van der Waals surface area (Å²) in [6, 6.07) is 11.9. The number of carbonyl (C=O) groups excluding carboxylic acids is 1. The predicted molar refractivity (Wildman–Crippen MR) is 102 cm³/mol. The molecule has 1 aliphatic rings. The van der Waals surface area contributed by atoms with Crippen LogP contribution in [0.5, 0.6) is 0 Å². The van der Waals surface area contributed by atoms with E-state index in [-0.39, 0.29) is 5.91 Å². The van der Waals surface area contributed by atoms with Gasteiger partial charge in [-0.05, 0) is 31.5 Å². The molecule has 0 saturated carbocycles. The lowest BCUT2D eigenvalue weighted by molar-refractivity contribution is 0.0657. The molecule has 0 radical (unpaired) electrons. The van der Waals surface area contributed by atoms with Gasteiger partial charge in [-0.2, -0.15) is 0 Å². The summed E-state index contributed by atoms with van der Waals surface area (Å²) in [5.74, 6) is 1.26. The Bertz CT molecular complexity index is 730. The summed E-state index contributed by atoms with van der Waals surface area (Å²) in [4.78, 5) is 21.2. The molecular formula is C20H26N4O2. The van der Waals surface area contributed by atoms with Gasteiger partial charge in [0, 0.05) is 32.7 Å². The molecule has 1 aliphatic heterocycles. The summed E-state index contributed by atoms with van der Waals surface area (Å²) >= 11 is 0. The number of benzene rings is 1. The molecule has 1 aromatic heterocycles. The van der Waals surface area contributed by atoms with Gasteiger partial charge in [0.1, 0.15) is 0 Å². The lowest BCUT2D eigenvalue weighted by atomic mass is 10.1. The standard InChI is InChI=1S/C20H26N4O2/c1-3-21-20(22-15-17-8-6-16(2)7-9-17)24-12-10-23(11-13-24)19(25)18-5-4-14-26-18/h4-9,14H,3,10-13,15H2,1-2H3,(H,21,22). The fourth-order valence-corrected chi connectivity index (χ4v) is 2.96. The first-order valence-electron chi connectivity index (χ1n) is 9.09. The average Bonchev–Trinajstić information content (AvgIpc) is 3.21. The third-order valence-corrected chi connectivity index (χ3v) is 4.47. The Hall–Kier alpha value is -2.76. The molecule has 0 atom stereocenters. The predicted octanol–water partition coefficient (Wildman–Crippen LogP) is 2.51. The van der Waals surface area contributed by atoms with Crippen LogP contribution < -0.4 is 5.32 Å². The number of amides is 1. The lowest BCUT2D eigenvalue weighted by Gasteiger charge is -2.36. The molecule has 1 aromatic carbocycles. The second-order valence-electron chi connectivity index (χ2n) is 6.41. The first-order valence-corrected chi connectivity index (χ1v) is 9.09. The topological polar surface area (TPSA) is 61.1 Å². The highest BCUT2D eigenvalue weighted by Crippen LogP contribution is 2.10. The van der Waals surface area contributed by atoms with E-state index in [2.05, 4.69) is 48.3 Å². The van der Waals surface area contributed by atoms with Gasteiger partial charge in [0.25, 0.3) is 5.91 Å². The summed E-state index contributed by atoms with van der Waals surface area (Å²) in [5.41, 5.74) is 2.44. The molecule has 1 saturated heterocycles. The largest absolute Gasteiger partial charge is 0.459 e. The maximum atomic E-state index is 12.4. The highest BCUT2D eigenvalue weighted by molar-refractivity contribution is 5.91. The van der Waals surface area contributed by atoms with Crippen molar-refractivity contribution in [1.29, 1.82) is 0 Å². The summed E-state index contributed by atoms with van der Waals surface area (Å²) in [6.45, 7) is 8.45. The van der Waals surface area contributed by atoms with Crippen LogP contribution in [0.15, 0.2) is 52.1 Å². The zero-order chi connectivity index (χ0) is 18.4. The van der Waals surface area contributed by atoms with E-state index in [1.54, 1.807) is 12.1 Å². The van der Waals surface area contributed by atoms with E-state index >= 15 is 0 Å². The monoisotopic (exact) mass is 354 g/mol. The van der Waals surface area contributed by atoms with Crippen LogP contribution in [0.1, 0.15) is 28.6 Å². The van der Waals surface area contributed by atoms with Crippen LogP contribution in [0.3, 0.4) is 0 Å². The number of hydrogen-bond acceptors (Lipinski definition) is 3. The van der Waals surface area contributed by atoms with Crippen molar-refractivity contribution in [3.8, 4) is 0 Å². The fourth-order valence-electron chi connectivity index (χ4n) is 2.96. The lowest BCUT2D eigenvalue weighted by Crippen LogP contribution is -2.53. The molecule has 6 heteroatoms. The van der Waals surface area contributed by atoms with Crippen LogP contribution in [-0.2, 0) is 6.54 Å². The number of rotatable bonds is 4. The number of furan rings is 1. The smallest absolute Gasteiger partial charge is 0.289 e. The van der Waals surface area contributed by atoms with Gasteiger partial charge >= 0.3 is 0 Å². The molecule has 2 aromatic rings. The van der Waals surface area contributed by atoms with E-state index in [1.165, 1.54) is 17.4 Å². The van der Waals surface area contributed by atoms with Crippen LogP contribution in [0.4, 0.5) is 0 Å². The highest BCUT2D eigenvalue weighted by atomic mass is 16.3. The second kappa shape index (κ2) is 8.56. The Balaban J connectivity index is 1.60. The van der Waals surface area contributed by atoms with E-state index in [4.69, 9.17) is 9.41 Å². The molecule has 0 unspecified atom stereocenters. The molecule has 1 N–H and O–H groups in total. The van der Waals surface area contributed by atoms with Gasteiger partial charge in [-0.1, -0.05) is 29.8 Å². The molecule has 6 nitrogen and oxygen atoms in total. The molecule has 0 aliphatic carbocycles. The first-order chi connectivity index (χ1) is 12.7. The number of piperazine rings is 1. The fraction of sp³-hybridized carbons (Fsp3) is 0.400. The van der Waals surface area contributed by atoms with Crippen LogP contribution >= 0.6 is 0 Å². The number of nitrogens with zero attached hydrogens (tertiary/aromatic N) is 3. The van der Waals surface area contributed by atoms with Crippen molar-refractivity contribution in [2.24, 2.45) is 4.99 Å². The SMILES string of the molecule is CCNC(=NCc1ccc(C)cc1)N1CCN(C(=O)c2ccco2)CC1. The third-order valence-electron chi connectivity index (χ3n) is 4.47. The minimum absolute atomic E-state index is 0.0451. The average molecular weight is 354 g/mol. The number of guanidine groups is 1. The van der Waals surface area contributed by atoms with Crippen molar-refractivity contribution >= 4 is 11.9 Å². The maximum Gasteiger partial charge on any atom is 0.289 e. The van der Waals surface area contributed by atoms with Gasteiger partial charge < -0.3 is 19.5 Å². The van der Waals surface area contributed by atoms with Gasteiger partial charge in [0.05, 0.1) is 12.8 Å². The number of nitrogens with one attached hydrogen (secondary N) is 1. The number of carbonyl (C=O) groups is 1. The van der Waals surface area contributed by atoms with Crippen molar-refractivity contribution in [1.82, 2.24) is 15.1 Å². The van der Waals surface area contributed by atoms with Crippen LogP contribution in [0.25, 0.3) is 0 Å². The van der Waals surface area contributed by atoms with Gasteiger partial charge in [-0.15, -0.1) is 0 Å². The quantitative estimate of drug-likeness (QED) is 0.677. The van der Waals surface area contributed by atoms with Gasteiger partial charge in [0.2, 0.25) is 0 Å². The van der Waals surface area contributed by atoms with Gasteiger partial charge in [-0.25, -0.2) is 4.99 Å². The van der Waals surface area contributed by atoms with Crippen LogP contribution in [0.2, 0.25) is 0 Å². The van der Waals surface area contributed by atoms with E-state index in [9.17, 15) is 4.79 Å². The van der Waals surface area contributed by atoms with E-state index < -0.39 is 0 Å². The molecule has 138 valence electrons. The molecule has 2 heterocycles. The molecule has 3 rings (SSSR count). The maximum absolute atomic E-state index is 12.4. The van der Waals surface area contributed by atoms with Crippen LogP contribution in [0, 0.1) is 6.92 Å². The van der Waals surface area contributed by atoms with Crippen molar-refractivity contribution in [2.45, 2.75) is 20.4 Å². The van der Waals surface area contributed by atoms with E-state index in [0.29, 0.717) is 25.4 Å². The van der Waals surface area contributed by atoms with Crippen molar-refractivity contribution < 1.29 is 9.21 Å². The molecule has 1 amide bonds. The Morgan fingerprint density at radius 3 is 2.42 bits per heavy atom. The van der Waals surface area contributed by atoms with Gasteiger partial charge in [0.15, 0.2) is 11.7 Å². The Morgan fingerprint density at radius 2 is 1.81 bits per heavy atom. The Morgan fingerprint density at radius 1 is 1.12 bits per heavy atom. The van der Waals surface area contributed by atoms with Crippen molar-refractivity contribution in [3.05, 3.63) is 59.5 Å². The van der Waals surface area contributed by atoms with Crippen molar-refractivity contribution in [3.63, 3.8) is 0 Å². The zero-order valence-corrected chi connectivity index (χ0v) is 15.4. The second-order valence-corrected chi connectivity index (χ2v) is 6.41. The highest BCUT2D eigenvalue weighted by Gasteiger charge is 2.25. The molecule has 0 bridgehead atoms. The molecular weight excluding hydrogens is 328 g/mol. The third kappa shape index (κ3) is 4.45. The molecule has 26 heavy (non-hydrogen) atoms. The minimum atomic E-state index is -0.0451. The van der Waals surface area contributed by atoms with E-state index in [0.717, 1.165) is 25.6 Å². The summed E-state index contributed by atoms with van der Waals surface area (Å²) < 4.78 is 5.22.